The van der Waals surface area contributed by atoms with Gasteiger partial charge in [0.05, 0.1) is 0 Å². The maximum absolute atomic E-state index is 10.5. The van der Waals surface area contributed by atoms with Gasteiger partial charge < -0.3 is 4.74 Å². The fraction of sp³-hybridized carbons (Fsp3) is 0.600. The first-order valence-electron chi connectivity index (χ1n) is 2.91. The third kappa shape index (κ3) is 1.24. The van der Waals surface area contributed by atoms with Crippen LogP contribution in [0.15, 0.2) is 4.79 Å². The lowest BCUT2D eigenvalue weighted by Gasteiger charge is -2.02. The lowest BCUT2D eigenvalue weighted by Crippen LogP contribution is -2.03. The maximum Gasteiger partial charge on any atom is 0.340 e. The molecule has 1 unspecified atom stereocenters. The van der Waals surface area contributed by atoms with E-state index in [1.165, 1.54) is 0 Å². The van der Waals surface area contributed by atoms with Gasteiger partial charge in [-0.1, -0.05) is 0 Å². The van der Waals surface area contributed by atoms with Crippen molar-refractivity contribution in [1.82, 2.24) is 15.2 Å². The Labute approximate surface area is 57.4 Å². The average Bonchev–Trinajstić information content (AvgIpc) is 2.34. The number of aromatic amines is 2. The zero-order valence-electron chi connectivity index (χ0n) is 5.84. The van der Waals surface area contributed by atoms with Gasteiger partial charge >= 0.3 is 5.69 Å². The molecule has 1 aromatic rings. The van der Waals surface area contributed by atoms with Gasteiger partial charge in [0.25, 0.3) is 0 Å². The molecule has 1 atom stereocenters. The van der Waals surface area contributed by atoms with Gasteiger partial charge in [-0.3, -0.25) is 4.98 Å². The largest absolute Gasteiger partial charge is 0.374 e. The van der Waals surface area contributed by atoms with Crippen molar-refractivity contribution < 1.29 is 4.74 Å². The molecule has 5 heteroatoms. The monoisotopic (exact) mass is 143 g/mol. The number of rotatable bonds is 2. The van der Waals surface area contributed by atoms with Crippen molar-refractivity contribution in [3.05, 3.63) is 16.3 Å². The summed E-state index contributed by atoms with van der Waals surface area (Å²) in [5, 5.41) is 5.91. The lowest BCUT2D eigenvalue weighted by atomic mass is 10.4. The number of hydrogen-bond donors (Lipinski definition) is 2. The van der Waals surface area contributed by atoms with E-state index in [-0.39, 0.29) is 11.8 Å². The molecular weight excluding hydrogens is 134 g/mol. The summed E-state index contributed by atoms with van der Waals surface area (Å²) in [7, 11) is 1.55. The highest BCUT2D eigenvalue weighted by atomic mass is 16.5. The minimum atomic E-state index is -0.307. The molecule has 10 heavy (non-hydrogen) atoms. The second-order valence-corrected chi connectivity index (χ2v) is 1.94. The molecule has 1 aromatic heterocycles. The number of nitrogens with zero attached hydrogens (tertiary/aromatic N) is 1. The van der Waals surface area contributed by atoms with E-state index in [4.69, 9.17) is 4.74 Å². The fourth-order valence-corrected chi connectivity index (χ4v) is 0.587. The zero-order valence-corrected chi connectivity index (χ0v) is 5.84. The maximum atomic E-state index is 10.5. The highest BCUT2D eigenvalue weighted by molar-refractivity contribution is 4.84. The molecule has 0 aliphatic rings. The normalized spacial score (nSPS) is 13.4. The first-order chi connectivity index (χ1) is 4.74. The van der Waals surface area contributed by atoms with Crippen LogP contribution in [0.2, 0.25) is 0 Å². The van der Waals surface area contributed by atoms with Gasteiger partial charge in [-0.15, -0.1) is 0 Å². The van der Waals surface area contributed by atoms with Crippen LogP contribution in [-0.2, 0) is 4.74 Å². The van der Waals surface area contributed by atoms with Gasteiger partial charge in [-0.25, -0.2) is 9.89 Å². The van der Waals surface area contributed by atoms with Gasteiger partial charge in [0, 0.05) is 7.11 Å². The summed E-state index contributed by atoms with van der Waals surface area (Å²) in [5.41, 5.74) is -0.307. The van der Waals surface area contributed by atoms with Gasteiger partial charge in [-0.05, 0) is 6.92 Å². The van der Waals surface area contributed by atoms with E-state index in [1.54, 1.807) is 14.0 Å². The summed E-state index contributed by atoms with van der Waals surface area (Å²) in [4.78, 5) is 13.0. The van der Waals surface area contributed by atoms with E-state index < -0.39 is 0 Å². The van der Waals surface area contributed by atoms with E-state index in [2.05, 4.69) is 15.2 Å². The SMILES string of the molecule is COC(C)c1n[nH]c(=O)[nH]1. The molecule has 0 aliphatic carbocycles. The Bertz CT molecular complexity index is 251. The Balaban J connectivity index is 2.84. The summed E-state index contributed by atoms with van der Waals surface area (Å²) >= 11 is 0. The molecule has 0 amide bonds. The number of hydrogen-bond acceptors (Lipinski definition) is 3. The van der Waals surface area contributed by atoms with E-state index in [1.807, 2.05) is 0 Å². The molecule has 0 bridgehead atoms. The highest BCUT2D eigenvalue weighted by Crippen LogP contribution is 2.05. The second-order valence-electron chi connectivity index (χ2n) is 1.94. The number of methoxy groups -OCH3 is 1. The van der Waals surface area contributed by atoms with Crippen LogP contribution in [0.5, 0.6) is 0 Å². The molecule has 0 spiro atoms. The third-order valence-electron chi connectivity index (χ3n) is 1.26. The Morgan fingerprint density at radius 3 is 2.80 bits per heavy atom. The molecule has 0 saturated carbocycles. The smallest absolute Gasteiger partial charge is 0.340 e. The Morgan fingerprint density at radius 2 is 2.40 bits per heavy atom. The van der Waals surface area contributed by atoms with Crippen LogP contribution in [0.25, 0.3) is 0 Å². The average molecular weight is 143 g/mol. The van der Waals surface area contributed by atoms with Crippen molar-refractivity contribution >= 4 is 0 Å². The third-order valence-corrected chi connectivity index (χ3v) is 1.26. The summed E-state index contributed by atoms with van der Waals surface area (Å²) < 4.78 is 4.90. The van der Waals surface area contributed by atoms with E-state index in [0.29, 0.717) is 5.82 Å². The summed E-state index contributed by atoms with van der Waals surface area (Å²) in [6, 6.07) is 0. The zero-order chi connectivity index (χ0) is 7.56. The predicted octanol–water partition coefficient (Wildman–Crippen LogP) is -0.195. The molecule has 2 N–H and O–H groups in total. The van der Waals surface area contributed by atoms with Crippen molar-refractivity contribution in [2.75, 3.05) is 7.11 Å². The number of nitrogens with one attached hydrogen (secondary N) is 2. The van der Waals surface area contributed by atoms with Crippen molar-refractivity contribution in [2.24, 2.45) is 0 Å². The first kappa shape index (κ1) is 7.01. The van der Waals surface area contributed by atoms with Gasteiger partial charge in [-0.2, -0.15) is 5.10 Å². The molecule has 0 aliphatic heterocycles. The van der Waals surface area contributed by atoms with Crippen molar-refractivity contribution in [3.8, 4) is 0 Å². The first-order valence-corrected chi connectivity index (χ1v) is 2.91. The molecule has 0 aromatic carbocycles. The molecule has 5 nitrogen and oxygen atoms in total. The summed E-state index contributed by atoms with van der Waals surface area (Å²) in [6.45, 7) is 1.80. The predicted molar refractivity (Wildman–Crippen MR) is 34.6 cm³/mol. The van der Waals surface area contributed by atoms with Gasteiger partial charge in [0.1, 0.15) is 6.10 Å². The van der Waals surface area contributed by atoms with Crippen LogP contribution in [0, 0.1) is 0 Å². The van der Waals surface area contributed by atoms with Crippen LogP contribution in [0.3, 0.4) is 0 Å². The minimum Gasteiger partial charge on any atom is -0.374 e. The number of aromatic nitrogens is 3. The molecular formula is C5H9N3O2. The van der Waals surface area contributed by atoms with E-state index >= 15 is 0 Å². The molecule has 0 fully saturated rings. The molecule has 1 rings (SSSR count). The van der Waals surface area contributed by atoms with Gasteiger partial charge in [0.2, 0.25) is 0 Å². The Hall–Kier alpha value is -1.10. The van der Waals surface area contributed by atoms with Crippen molar-refractivity contribution in [2.45, 2.75) is 13.0 Å². The van der Waals surface area contributed by atoms with Gasteiger partial charge in [0.15, 0.2) is 5.82 Å². The van der Waals surface area contributed by atoms with E-state index in [9.17, 15) is 4.79 Å². The molecule has 0 radical (unpaired) electrons. The molecule has 0 saturated heterocycles. The summed E-state index contributed by atoms with van der Waals surface area (Å²) in [5.74, 6) is 0.521. The van der Waals surface area contributed by atoms with Crippen LogP contribution in [0.1, 0.15) is 18.9 Å². The highest BCUT2D eigenvalue weighted by Gasteiger charge is 2.06. The minimum absolute atomic E-state index is 0.168. The quantitative estimate of drug-likeness (QED) is 0.602. The van der Waals surface area contributed by atoms with E-state index in [0.717, 1.165) is 0 Å². The van der Waals surface area contributed by atoms with Crippen LogP contribution >= 0.6 is 0 Å². The number of ether oxygens (including phenoxy) is 1. The molecule has 1 heterocycles. The van der Waals surface area contributed by atoms with Crippen LogP contribution in [0.4, 0.5) is 0 Å². The summed E-state index contributed by atoms with van der Waals surface area (Å²) in [6.07, 6.45) is -0.168. The lowest BCUT2D eigenvalue weighted by molar-refractivity contribution is 0.112. The van der Waals surface area contributed by atoms with Crippen LogP contribution < -0.4 is 5.69 Å². The fourth-order valence-electron chi connectivity index (χ4n) is 0.587. The topological polar surface area (TPSA) is 70.8 Å². The standard InChI is InChI=1S/C5H9N3O2/c1-3(10-2)4-6-5(9)8-7-4/h3H,1-2H3,(H2,6,7,8,9). The second kappa shape index (κ2) is 2.66. The van der Waals surface area contributed by atoms with Crippen LogP contribution in [-0.4, -0.2) is 22.3 Å². The molecule has 56 valence electrons. The Morgan fingerprint density at radius 1 is 1.70 bits per heavy atom. The van der Waals surface area contributed by atoms with Crippen molar-refractivity contribution in [3.63, 3.8) is 0 Å². The van der Waals surface area contributed by atoms with Crippen molar-refractivity contribution in [1.29, 1.82) is 0 Å². The number of H-pyrrole nitrogens is 2. The Kier molecular flexibility index (Phi) is 1.86.